The molecule has 6 rings (SSSR count). The van der Waals surface area contributed by atoms with Crippen LogP contribution in [0.3, 0.4) is 0 Å². The van der Waals surface area contributed by atoms with E-state index < -0.39 is 28.9 Å². The molecule has 2 aliphatic rings. The SMILES string of the molecule is COc1c(OCCCN2CCOCC2)ccc2c(Oc3ccc(N(C(=O)C4(C(N)=O)CC4)c4ccc(F)cc4)cc3F)ccnc12. The molecule has 1 aliphatic carbocycles. The number of carbonyl (C=O) groups is 2. The summed E-state index contributed by atoms with van der Waals surface area (Å²) in [4.78, 5) is 33.7. The van der Waals surface area contributed by atoms with Gasteiger partial charge in [-0.1, -0.05) is 0 Å². The molecule has 2 heterocycles. The van der Waals surface area contributed by atoms with E-state index in [0.717, 1.165) is 45.3 Å². The van der Waals surface area contributed by atoms with Gasteiger partial charge < -0.3 is 24.7 Å². The molecule has 0 spiro atoms. The number of morpholine rings is 1. The molecule has 4 aromatic rings. The predicted octanol–water partition coefficient (Wildman–Crippen LogP) is 5.35. The minimum Gasteiger partial charge on any atom is -0.491 e. The van der Waals surface area contributed by atoms with Crippen LogP contribution in [0, 0.1) is 17.0 Å². The first-order valence-electron chi connectivity index (χ1n) is 15.1. The van der Waals surface area contributed by atoms with E-state index in [1.54, 1.807) is 18.2 Å². The number of fused-ring (bicyclic) bond motifs is 1. The van der Waals surface area contributed by atoms with E-state index >= 15 is 4.39 Å². The lowest BCUT2D eigenvalue weighted by molar-refractivity contribution is -0.133. The number of rotatable bonds is 12. The van der Waals surface area contributed by atoms with Crippen molar-refractivity contribution in [1.82, 2.24) is 9.88 Å². The molecule has 1 saturated carbocycles. The molecule has 0 unspecified atom stereocenters. The van der Waals surface area contributed by atoms with Crippen LogP contribution in [0.5, 0.6) is 23.0 Å². The van der Waals surface area contributed by atoms with E-state index in [-0.39, 0.29) is 30.0 Å². The number of benzene rings is 3. The van der Waals surface area contributed by atoms with Crippen LogP contribution >= 0.6 is 0 Å². The van der Waals surface area contributed by atoms with Crippen molar-refractivity contribution in [3.05, 3.63) is 78.5 Å². The van der Waals surface area contributed by atoms with Crippen molar-refractivity contribution in [1.29, 1.82) is 0 Å². The second kappa shape index (κ2) is 13.3. The number of amides is 2. The van der Waals surface area contributed by atoms with Crippen molar-refractivity contribution >= 4 is 34.1 Å². The van der Waals surface area contributed by atoms with Gasteiger partial charge in [-0.2, -0.15) is 0 Å². The highest BCUT2D eigenvalue weighted by molar-refractivity contribution is 6.16. The van der Waals surface area contributed by atoms with E-state index in [1.807, 2.05) is 0 Å². The molecule has 0 bridgehead atoms. The Hall–Kier alpha value is -4.81. The Labute approximate surface area is 264 Å². The summed E-state index contributed by atoms with van der Waals surface area (Å²) in [6.45, 7) is 4.71. The molecule has 2 fully saturated rings. The fourth-order valence-electron chi connectivity index (χ4n) is 5.55. The number of carbonyl (C=O) groups excluding carboxylic acids is 2. The summed E-state index contributed by atoms with van der Waals surface area (Å²) >= 11 is 0. The molecule has 3 aromatic carbocycles. The number of primary amides is 1. The number of methoxy groups -OCH3 is 1. The third-order valence-electron chi connectivity index (χ3n) is 8.29. The summed E-state index contributed by atoms with van der Waals surface area (Å²) in [6, 6.07) is 14.3. The molecule has 12 heteroatoms. The third-order valence-corrected chi connectivity index (χ3v) is 8.29. The topological polar surface area (TPSA) is 116 Å². The van der Waals surface area contributed by atoms with Gasteiger partial charge in [-0.15, -0.1) is 0 Å². The molecule has 0 radical (unpaired) electrons. The summed E-state index contributed by atoms with van der Waals surface area (Å²) in [5, 5.41) is 0.573. The first-order chi connectivity index (χ1) is 22.3. The average Bonchev–Trinajstić information content (AvgIpc) is 3.88. The molecular formula is C34H34F2N4O6. The number of nitrogens with two attached hydrogens (primary N) is 1. The van der Waals surface area contributed by atoms with E-state index in [1.165, 1.54) is 54.6 Å². The van der Waals surface area contributed by atoms with E-state index in [9.17, 15) is 14.0 Å². The highest BCUT2D eigenvalue weighted by atomic mass is 19.1. The van der Waals surface area contributed by atoms with Crippen molar-refractivity contribution in [2.24, 2.45) is 11.1 Å². The number of ether oxygens (including phenoxy) is 4. The van der Waals surface area contributed by atoms with Crippen molar-refractivity contribution in [2.45, 2.75) is 19.3 Å². The predicted molar refractivity (Wildman–Crippen MR) is 167 cm³/mol. The zero-order valence-corrected chi connectivity index (χ0v) is 25.3. The second-order valence-corrected chi connectivity index (χ2v) is 11.2. The zero-order chi connectivity index (χ0) is 32.3. The summed E-state index contributed by atoms with van der Waals surface area (Å²) in [7, 11) is 1.53. The fraction of sp³-hybridized carbons (Fsp3) is 0.324. The quantitative estimate of drug-likeness (QED) is 0.164. The highest BCUT2D eigenvalue weighted by Crippen LogP contribution is 2.49. The normalized spacial score (nSPS) is 15.7. The molecule has 2 N–H and O–H groups in total. The van der Waals surface area contributed by atoms with E-state index in [4.69, 9.17) is 24.7 Å². The summed E-state index contributed by atoms with van der Waals surface area (Å²) in [5.74, 6) is -1.46. The van der Waals surface area contributed by atoms with Crippen LogP contribution in [0.25, 0.3) is 10.9 Å². The Kier molecular flexibility index (Phi) is 9.00. The van der Waals surface area contributed by atoms with Crippen molar-refractivity contribution in [3.63, 3.8) is 0 Å². The van der Waals surface area contributed by atoms with Crippen LogP contribution < -0.4 is 24.8 Å². The van der Waals surface area contributed by atoms with Crippen molar-refractivity contribution < 1.29 is 37.3 Å². The van der Waals surface area contributed by atoms with Gasteiger partial charge in [-0.25, -0.2) is 8.78 Å². The minimum atomic E-state index is -1.39. The first kappa shape index (κ1) is 31.2. The van der Waals surface area contributed by atoms with Crippen LogP contribution in [0.1, 0.15) is 19.3 Å². The number of aromatic nitrogens is 1. The van der Waals surface area contributed by atoms with Gasteiger partial charge in [-0.3, -0.25) is 24.4 Å². The largest absolute Gasteiger partial charge is 0.491 e. The average molecular weight is 633 g/mol. The Morgan fingerprint density at radius 3 is 2.37 bits per heavy atom. The van der Waals surface area contributed by atoms with Gasteiger partial charge in [0.15, 0.2) is 23.1 Å². The molecule has 46 heavy (non-hydrogen) atoms. The van der Waals surface area contributed by atoms with Crippen LogP contribution in [0.15, 0.2) is 66.9 Å². The molecule has 0 atom stereocenters. The third kappa shape index (κ3) is 6.31. The van der Waals surface area contributed by atoms with Crippen LogP contribution in [0.4, 0.5) is 20.2 Å². The van der Waals surface area contributed by atoms with E-state index in [0.29, 0.717) is 34.8 Å². The van der Waals surface area contributed by atoms with Gasteiger partial charge in [0, 0.05) is 43.0 Å². The van der Waals surface area contributed by atoms with Gasteiger partial charge >= 0.3 is 0 Å². The molecule has 2 amide bonds. The number of nitrogens with zero attached hydrogens (tertiary/aromatic N) is 3. The number of anilines is 2. The molecule has 240 valence electrons. The van der Waals surface area contributed by atoms with Crippen LogP contribution in [-0.4, -0.2) is 68.3 Å². The molecule has 1 saturated heterocycles. The number of hydrogen-bond acceptors (Lipinski definition) is 8. The first-order valence-corrected chi connectivity index (χ1v) is 15.1. The minimum absolute atomic E-state index is 0.110. The van der Waals surface area contributed by atoms with Gasteiger partial charge in [0.05, 0.1) is 32.6 Å². The second-order valence-electron chi connectivity index (χ2n) is 11.2. The zero-order valence-electron chi connectivity index (χ0n) is 25.3. The Morgan fingerprint density at radius 1 is 0.978 bits per heavy atom. The van der Waals surface area contributed by atoms with Crippen molar-refractivity contribution in [3.8, 4) is 23.0 Å². The van der Waals surface area contributed by atoms with Crippen LogP contribution in [-0.2, 0) is 14.3 Å². The van der Waals surface area contributed by atoms with Gasteiger partial charge in [-0.05, 0) is 73.9 Å². The maximum atomic E-state index is 15.6. The summed E-state index contributed by atoms with van der Waals surface area (Å²) in [5.41, 5.74) is 5.04. The van der Waals surface area contributed by atoms with Gasteiger partial charge in [0.25, 0.3) is 0 Å². The maximum absolute atomic E-state index is 15.6. The van der Waals surface area contributed by atoms with E-state index in [2.05, 4.69) is 9.88 Å². The smallest absolute Gasteiger partial charge is 0.247 e. The number of halogens is 2. The lowest BCUT2D eigenvalue weighted by atomic mass is 10.0. The Balaban J connectivity index is 1.23. The standard InChI is InChI=1S/C34H34F2N4O6/c1-43-31-29(45-18-2-15-39-16-19-44-20-17-39)10-8-25-27(11-14-38-30(25)31)46-28-9-7-24(21-26(28)36)40(23-5-3-22(35)4-6-23)33(42)34(12-13-34)32(37)41/h3-11,14,21H,2,12-13,15-20H2,1H3,(H2,37,41). The molecule has 10 nitrogen and oxygen atoms in total. The number of pyridine rings is 1. The monoisotopic (exact) mass is 632 g/mol. The molecular weight excluding hydrogens is 598 g/mol. The van der Waals surface area contributed by atoms with Crippen LogP contribution in [0.2, 0.25) is 0 Å². The lowest BCUT2D eigenvalue weighted by Crippen LogP contribution is -2.41. The van der Waals surface area contributed by atoms with Gasteiger partial charge in [0.1, 0.15) is 22.5 Å². The summed E-state index contributed by atoms with van der Waals surface area (Å²) < 4.78 is 52.4. The molecule has 1 aliphatic heterocycles. The summed E-state index contributed by atoms with van der Waals surface area (Å²) in [6.07, 6.45) is 2.92. The maximum Gasteiger partial charge on any atom is 0.247 e. The van der Waals surface area contributed by atoms with Gasteiger partial charge in [0.2, 0.25) is 11.8 Å². The molecule has 1 aromatic heterocycles. The number of hydrogen-bond donors (Lipinski definition) is 1. The Bertz CT molecular complexity index is 1740. The fourth-order valence-corrected chi connectivity index (χ4v) is 5.55. The Morgan fingerprint density at radius 2 is 1.70 bits per heavy atom. The lowest BCUT2D eigenvalue weighted by Gasteiger charge is -2.26. The highest BCUT2D eigenvalue weighted by Gasteiger charge is 2.57. The van der Waals surface area contributed by atoms with Crippen molar-refractivity contribution in [2.75, 3.05) is 51.5 Å².